The number of nitrogens with one attached hydrogen (secondary N) is 1. The van der Waals surface area contributed by atoms with E-state index in [1.54, 1.807) is 0 Å². The van der Waals surface area contributed by atoms with Crippen LogP contribution in [0, 0.1) is 5.92 Å². The molecule has 2 aliphatic rings. The molecule has 2 saturated heterocycles. The minimum absolute atomic E-state index is 0.438. The van der Waals surface area contributed by atoms with E-state index in [1.165, 1.54) is 45.3 Å². The zero-order valence-electron chi connectivity index (χ0n) is 10.6. The first-order valence-electron chi connectivity index (χ1n) is 6.89. The molecule has 0 radical (unpaired) electrons. The van der Waals surface area contributed by atoms with Crippen molar-refractivity contribution in [2.45, 2.75) is 38.7 Å². The van der Waals surface area contributed by atoms with Crippen LogP contribution in [-0.2, 0) is 4.74 Å². The van der Waals surface area contributed by atoms with Crippen molar-refractivity contribution in [2.24, 2.45) is 5.92 Å². The van der Waals surface area contributed by atoms with Crippen LogP contribution in [0.15, 0.2) is 0 Å². The van der Waals surface area contributed by atoms with E-state index >= 15 is 0 Å². The monoisotopic (exact) mass is 226 g/mol. The molecule has 0 bridgehead atoms. The average Bonchev–Trinajstić information content (AvgIpc) is 2.30. The van der Waals surface area contributed by atoms with Crippen LogP contribution in [-0.4, -0.2) is 50.3 Å². The van der Waals surface area contributed by atoms with Crippen LogP contribution < -0.4 is 5.32 Å². The Morgan fingerprint density at radius 3 is 2.88 bits per heavy atom. The molecule has 2 heterocycles. The molecular weight excluding hydrogens is 200 g/mol. The molecule has 0 amide bonds. The third-order valence-corrected chi connectivity index (χ3v) is 3.87. The van der Waals surface area contributed by atoms with Gasteiger partial charge in [-0.2, -0.15) is 0 Å². The summed E-state index contributed by atoms with van der Waals surface area (Å²) in [5.74, 6) is 0.986. The predicted molar refractivity (Wildman–Crippen MR) is 66.7 cm³/mol. The van der Waals surface area contributed by atoms with Gasteiger partial charge >= 0.3 is 0 Å². The summed E-state index contributed by atoms with van der Waals surface area (Å²) in [5.41, 5.74) is 0. The highest BCUT2D eigenvalue weighted by molar-refractivity contribution is 4.71. The standard InChI is InChI=1S/C13H26N2O/c1-12-11-15(9-10-16-12)8-2-3-13-4-6-14-7-5-13/h12-14H,2-11H2,1H3. The van der Waals surface area contributed by atoms with Crippen molar-refractivity contribution in [2.75, 3.05) is 39.3 Å². The number of hydrogen-bond donors (Lipinski definition) is 1. The molecule has 2 rings (SSSR count). The number of ether oxygens (including phenoxy) is 1. The van der Waals surface area contributed by atoms with Gasteiger partial charge in [0.1, 0.15) is 0 Å². The molecular formula is C13H26N2O. The van der Waals surface area contributed by atoms with Gasteiger partial charge in [-0.1, -0.05) is 0 Å². The van der Waals surface area contributed by atoms with Crippen LogP contribution in [0.1, 0.15) is 32.6 Å². The minimum atomic E-state index is 0.438. The third-order valence-electron chi connectivity index (χ3n) is 3.87. The predicted octanol–water partition coefficient (Wildman–Crippen LogP) is 1.49. The van der Waals surface area contributed by atoms with E-state index in [2.05, 4.69) is 17.1 Å². The van der Waals surface area contributed by atoms with Gasteiger partial charge in [-0.3, -0.25) is 4.90 Å². The van der Waals surface area contributed by atoms with E-state index in [0.717, 1.165) is 25.6 Å². The van der Waals surface area contributed by atoms with Crippen LogP contribution in [0.3, 0.4) is 0 Å². The second-order valence-electron chi connectivity index (χ2n) is 5.32. The number of piperidine rings is 1. The SMILES string of the molecule is CC1CN(CCCC2CCNCC2)CCO1. The topological polar surface area (TPSA) is 24.5 Å². The molecule has 0 aromatic heterocycles. The zero-order valence-corrected chi connectivity index (χ0v) is 10.6. The Balaban J connectivity index is 1.56. The molecule has 0 aliphatic carbocycles. The molecule has 0 saturated carbocycles. The Kier molecular flexibility index (Phi) is 5.07. The van der Waals surface area contributed by atoms with Crippen molar-refractivity contribution in [3.63, 3.8) is 0 Å². The third kappa shape index (κ3) is 4.04. The summed E-state index contributed by atoms with van der Waals surface area (Å²) in [5, 5.41) is 3.43. The Morgan fingerprint density at radius 2 is 2.12 bits per heavy atom. The normalized spacial score (nSPS) is 29.4. The summed E-state index contributed by atoms with van der Waals surface area (Å²) in [6.45, 7) is 9.12. The van der Waals surface area contributed by atoms with Gasteiger partial charge in [0, 0.05) is 13.1 Å². The first-order valence-corrected chi connectivity index (χ1v) is 6.89. The summed E-state index contributed by atoms with van der Waals surface area (Å²) in [6, 6.07) is 0. The van der Waals surface area contributed by atoms with Gasteiger partial charge < -0.3 is 10.1 Å². The second-order valence-corrected chi connectivity index (χ2v) is 5.32. The maximum atomic E-state index is 5.55. The van der Waals surface area contributed by atoms with Crippen molar-refractivity contribution in [3.8, 4) is 0 Å². The Hall–Kier alpha value is -0.120. The molecule has 94 valence electrons. The smallest absolute Gasteiger partial charge is 0.0674 e. The van der Waals surface area contributed by atoms with Crippen LogP contribution in [0.5, 0.6) is 0 Å². The maximum Gasteiger partial charge on any atom is 0.0674 e. The number of morpholine rings is 1. The lowest BCUT2D eigenvalue weighted by molar-refractivity contribution is -0.0189. The van der Waals surface area contributed by atoms with Gasteiger partial charge in [-0.25, -0.2) is 0 Å². The van der Waals surface area contributed by atoms with Crippen molar-refractivity contribution >= 4 is 0 Å². The molecule has 0 spiro atoms. The van der Waals surface area contributed by atoms with E-state index < -0.39 is 0 Å². The van der Waals surface area contributed by atoms with Crippen molar-refractivity contribution in [1.82, 2.24) is 10.2 Å². The lowest BCUT2D eigenvalue weighted by atomic mass is 9.93. The largest absolute Gasteiger partial charge is 0.376 e. The van der Waals surface area contributed by atoms with Gasteiger partial charge in [0.15, 0.2) is 0 Å². The van der Waals surface area contributed by atoms with Gasteiger partial charge in [0.25, 0.3) is 0 Å². The number of rotatable bonds is 4. The molecule has 0 aromatic rings. The fourth-order valence-corrected chi connectivity index (χ4v) is 2.87. The van der Waals surface area contributed by atoms with E-state index in [1.807, 2.05) is 0 Å². The first kappa shape index (κ1) is 12.3. The Bertz CT molecular complexity index is 192. The molecule has 1 atom stereocenters. The quantitative estimate of drug-likeness (QED) is 0.786. The van der Waals surface area contributed by atoms with E-state index in [-0.39, 0.29) is 0 Å². The van der Waals surface area contributed by atoms with Gasteiger partial charge in [0.2, 0.25) is 0 Å². The molecule has 2 aliphatic heterocycles. The molecule has 3 heteroatoms. The fourth-order valence-electron chi connectivity index (χ4n) is 2.87. The van der Waals surface area contributed by atoms with Crippen LogP contribution in [0.2, 0.25) is 0 Å². The van der Waals surface area contributed by atoms with E-state index in [4.69, 9.17) is 4.74 Å². The van der Waals surface area contributed by atoms with Crippen molar-refractivity contribution in [1.29, 1.82) is 0 Å². The van der Waals surface area contributed by atoms with Crippen LogP contribution >= 0.6 is 0 Å². The summed E-state index contributed by atoms with van der Waals surface area (Å²) in [7, 11) is 0. The summed E-state index contributed by atoms with van der Waals surface area (Å²) < 4.78 is 5.55. The molecule has 2 fully saturated rings. The van der Waals surface area contributed by atoms with Gasteiger partial charge in [0.05, 0.1) is 12.7 Å². The fraction of sp³-hybridized carbons (Fsp3) is 1.00. The maximum absolute atomic E-state index is 5.55. The molecule has 1 unspecified atom stereocenters. The van der Waals surface area contributed by atoms with Crippen molar-refractivity contribution < 1.29 is 4.74 Å². The lowest BCUT2D eigenvalue weighted by Crippen LogP contribution is -2.41. The summed E-state index contributed by atoms with van der Waals surface area (Å²) in [4.78, 5) is 2.56. The molecule has 0 aromatic carbocycles. The van der Waals surface area contributed by atoms with E-state index in [9.17, 15) is 0 Å². The van der Waals surface area contributed by atoms with Crippen LogP contribution in [0.25, 0.3) is 0 Å². The lowest BCUT2D eigenvalue weighted by Gasteiger charge is -2.31. The highest BCUT2D eigenvalue weighted by Crippen LogP contribution is 2.18. The molecule has 1 N–H and O–H groups in total. The number of nitrogens with zero attached hydrogens (tertiary/aromatic N) is 1. The first-order chi connectivity index (χ1) is 7.84. The zero-order chi connectivity index (χ0) is 11.2. The average molecular weight is 226 g/mol. The highest BCUT2D eigenvalue weighted by atomic mass is 16.5. The van der Waals surface area contributed by atoms with Gasteiger partial charge in [-0.15, -0.1) is 0 Å². The Morgan fingerprint density at radius 1 is 1.31 bits per heavy atom. The minimum Gasteiger partial charge on any atom is -0.376 e. The summed E-state index contributed by atoms with van der Waals surface area (Å²) in [6.07, 6.45) is 6.01. The van der Waals surface area contributed by atoms with Crippen molar-refractivity contribution in [3.05, 3.63) is 0 Å². The summed E-state index contributed by atoms with van der Waals surface area (Å²) >= 11 is 0. The van der Waals surface area contributed by atoms with E-state index in [0.29, 0.717) is 6.10 Å². The molecule has 16 heavy (non-hydrogen) atoms. The highest BCUT2D eigenvalue weighted by Gasteiger charge is 2.17. The second kappa shape index (κ2) is 6.58. The Labute approximate surface area is 99.5 Å². The van der Waals surface area contributed by atoms with Gasteiger partial charge in [-0.05, 0) is 58.2 Å². The number of hydrogen-bond acceptors (Lipinski definition) is 3. The van der Waals surface area contributed by atoms with Crippen LogP contribution in [0.4, 0.5) is 0 Å². The molecule has 3 nitrogen and oxygen atoms in total.